The van der Waals surface area contributed by atoms with E-state index in [2.05, 4.69) is 22.1 Å². The lowest BCUT2D eigenvalue weighted by Gasteiger charge is -2.48. The third-order valence-corrected chi connectivity index (χ3v) is 5.65. The summed E-state index contributed by atoms with van der Waals surface area (Å²) in [6, 6.07) is 11.5. The van der Waals surface area contributed by atoms with Crippen LogP contribution in [-0.2, 0) is 0 Å². The van der Waals surface area contributed by atoms with Crippen molar-refractivity contribution in [3.05, 3.63) is 53.3 Å². The molecule has 3 aliphatic rings. The molecule has 2 aromatic rings. The SMILES string of the molecule is CC1CC2CCN1CC2NC(=O)c1ccc(Oc2ccc(Cl)nc2)cc1. The molecule has 0 aliphatic carbocycles. The van der Waals surface area contributed by atoms with E-state index in [0.29, 0.717) is 34.2 Å². The fourth-order valence-corrected chi connectivity index (χ4v) is 4.06. The van der Waals surface area contributed by atoms with E-state index in [1.165, 1.54) is 12.8 Å². The van der Waals surface area contributed by atoms with Crippen molar-refractivity contribution < 1.29 is 9.53 Å². The largest absolute Gasteiger partial charge is 0.456 e. The number of benzene rings is 1. The van der Waals surface area contributed by atoms with Gasteiger partial charge in [0.05, 0.1) is 6.20 Å². The smallest absolute Gasteiger partial charge is 0.251 e. The zero-order valence-electron chi connectivity index (χ0n) is 14.7. The highest BCUT2D eigenvalue weighted by Crippen LogP contribution is 2.32. The Bertz CT molecular complexity index is 779. The quantitative estimate of drug-likeness (QED) is 0.832. The van der Waals surface area contributed by atoms with Crippen molar-refractivity contribution >= 4 is 17.5 Å². The minimum Gasteiger partial charge on any atom is -0.456 e. The molecule has 1 amide bonds. The summed E-state index contributed by atoms with van der Waals surface area (Å²) < 4.78 is 5.71. The van der Waals surface area contributed by atoms with E-state index < -0.39 is 0 Å². The molecule has 3 saturated heterocycles. The highest BCUT2D eigenvalue weighted by atomic mass is 35.5. The Hall–Kier alpha value is -2.11. The molecule has 1 N–H and O–H groups in total. The lowest BCUT2D eigenvalue weighted by molar-refractivity contribution is 0.0274. The molecule has 0 spiro atoms. The molecule has 5 nitrogen and oxygen atoms in total. The summed E-state index contributed by atoms with van der Waals surface area (Å²) in [7, 11) is 0. The van der Waals surface area contributed by atoms with Gasteiger partial charge in [0.15, 0.2) is 0 Å². The number of amides is 1. The number of hydrogen-bond acceptors (Lipinski definition) is 4. The molecule has 3 fully saturated rings. The lowest BCUT2D eigenvalue weighted by atomic mass is 9.80. The van der Waals surface area contributed by atoms with E-state index in [9.17, 15) is 4.79 Å². The number of carbonyl (C=O) groups excluding carboxylic acids is 1. The van der Waals surface area contributed by atoms with Gasteiger partial charge in [-0.3, -0.25) is 9.69 Å². The standard InChI is InChI=1S/C20H22ClN3O2/c1-13-10-15-8-9-24(13)12-18(15)23-20(25)14-2-4-16(5-3-14)26-17-6-7-19(21)22-11-17/h2-7,11,13,15,18H,8-10,12H2,1H3,(H,23,25). The number of fused-ring (bicyclic) bond motifs is 3. The predicted octanol–water partition coefficient (Wildman–Crippen LogP) is 3.74. The third kappa shape index (κ3) is 3.69. The first-order valence-electron chi connectivity index (χ1n) is 9.03. The summed E-state index contributed by atoms with van der Waals surface area (Å²) in [5, 5.41) is 3.64. The first kappa shape index (κ1) is 17.3. The van der Waals surface area contributed by atoms with Crippen LogP contribution >= 0.6 is 11.6 Å². The molecular formula is C20H22ClN3O2. The van der Waals surface area contributed by atoms with Crippen LogP contribution in [0.1, 0.15) is 30.1 Å². The number of nitrogens with zero attached hydrogens (tertiary/aromatic N) is 2. The third-order valence-electron chi connectivity index (χ3n) is 5.42. The Kier molecular flexibility index (Phi) is 4.83. The maximum absolute atomic E-state index is 12.6. The van der Waals surface area contributed by atoms with E-state index >= 15 is 0 Å². The summed E-state index contributed by atoms with van der Waals surface area (Å²) in [5.41, 5.74) is 0.649. The lowest BCUT2D eigenvalue weighted by Crippen LogP contribution is -2.60. The second-order valence-electron chi connectivity index (χ2n) is 7.15. The molecule has 0 saturated carbocycles. The van der Waals surface area contributed by atoms with E-state index in [-0.39, 0.29) is 11.9 Å². The molecule has 4 unspecified atom stereocenters. The number of rotatable bonds is 4. The Labute approximate surface area is 158 Å². The second kappa shape index (κ2) is 7.25. The van der Waals surface area contributed by atoms with Gasteiger partial charge in [0.1, 0.15) is 16.7 Å². The molecule has 3 aliphatic heterocycles. The second-order valence-corrected chi connectivity index (χ2v) is 7.54. The molecule has 2 bridgehead atoms. The number of ether oxygens (including phenoxy) is 1. The van der Waals surface area contributed by atoms with Gasteiger partial charge < -0.3 is 10.1 Å². The van der Waals surface area contributed by atoms with Crippen LogP contribution in [0.15, 0.2) is 42.6 Å². The molecule has 136 valence electrons. The van der Waals surface area contributed by atoms with Crippen LogP contribution < -0.4 is 10.1 Å². The highest BCUT2D eigenvalue weighted by molar-refractivity contribution is 6.29. The molecular weight excluding hydrogens is 350 g/mol. The van der Waals surface area contributed by atoms with Crippen molar-refractivity contribution in [3.8, 4) is 11.5 Å². The molecule has 6 heteroatoms. The number of nitrogens with one attached hydrogen (secondary N) is 1. The summed E-state index contributed by atoms with van der Waals surface area (Å²) in [4.78, 5) is 19.0. The van der Waals surface area contributed by atoms with Crippen molar-refractivity contribution in [2.24, 2.45) is 5.92 Å². The molecule has 5 rings (SSSR count). The number of aromatic nitrogens is 1. The van der Waals surface area contributed by atoms with Crippen molar-refractivity contribution in [1.29, 1.82) is 0 Å². The van der Waals surface area contributed by atoms with Crippen LogP contribution in [0.2, 0.25) is 5.15 Å². The fraction of sp³-hybridized carbons (Fsp3) is 0.400. The van der Waals surface area contributed by atoms with Crippen LogP contribution in [0.4, 0.5) is 0 Å². The molecule has 4 heterocycles. The summed E-state index contributed by atoms with van der Waals surface area (Å²) in [6.45, 7) is 4.39. The van der Waals surface area contributed by atoms with E-state index in [1.54, 1.807) is 42.6 Å². The zero-order chi connectivity index (χ0) is 18.1. The van der Waals surface area contributed by atoms with E-state index in [1.807, 2.05) is 0 Å². The van der Waals surface area contributed by atoms with Gasteiger partial charge in [-0.05, 0) is 68.6 Å². The summed E-state index contributed by atoms with van der Waals surface area (Å²) in [6.07, 6.45) is 3.92. The molecule has 26 heavy (non-hydrogen) atoms. The average molecular weight is 372 g/mol. The van der Waals surface area contributed by atoms with E-state index in [4.69, 9.17) is 16.3 Å². The Morgan fingerprint density at radius 2 is 2.00 bits per heavy atom. The number of pyridine rings is 1. The van der Waals surface area contributed by atoms with Crippen molar-refractivity contribution in [3.63, 3.8) is 0 Å². The molecule has 0 radical (unpaired) electrons. The summed E-state index contributed by atoms with van der Waals surface area (Å²) >= 11 is 5.77. The minimum absolute atomic E-state index is 0.0175. The number of halogens is 1. The molecule has 1 aromatic heterocycles. The van der Waals surface area contributed by atoms with Crippen LogP contribution in [0.5, 0.6) is 11.5 Å². The van der Waals surface area contributed by atoms with Crippen LogP contribution in [0, 0.1) is 5.92 Å². The first-order valence-corrected chi connectivity index (χ1v) is 9.40. The van der Waals surface area contributed by atoms with Crippen LogP contribution in [0.25, 0.3) is 0 Å². The van der Waals surface area contributed by atoms with Crippen molar-refractivity contribution in [1.82, 2.24) is 15.2 Å². The van der Waals surface area contributed by atoms with Crippen LogP contribution in [0.3, 0.4) is 0 Å². The Morgan fingerprint density at radius 3 is 2.62 bits per heavy atom. The van der Waals surface area contributed by atoms with Gasteiger partial charge in [-0.25, -0.2) is 4.98 Å². The first-order chi connectivity index (χ1) is 12.6. The maximum Gasteiger partial charge on any atom is 0.251 e. The molecule has 4 atom stereocenters. The predicted molar refractivity (Wildman–Crippen MR) is 101 cm³/mol. The number of hydrogen-bond donors (Lipinski definition) is 1. The maximum atomic E-state index is 12.6. The zero-order valence-corrected chi connectivity index (χ0v) is 15.4. The topological polar surface area (TPSA) is 54.5 Å². The summed E-state index contributed by atoms with van der Waals surface area (Å²) in [5.74, 6) is 1.84. The number of carbonyl (C=O) groups is 1. The minimum atomic E-state index is -0.0175. The Balaban J connectivity index is 1.37. The van der Waals surface area contributed by atoms with Crippen molar-refractivity contribution in [2.45, 2.75) is 31.8 Å². The highest BCUT2D eigenvalue weighted by Gasteiger charge is 2.38. The Morgan fingerprint density at radius 1 is 1.23 bits per heavy atom. The van der Waals surface area contributed by atoms with Gasteiger partial charge in [0, 0.05) is 24.2 Å². The van der Waals surface area contributed by atoms with Crippen molar-refractivity contribution in [2.75, 3.05) is 13.1 Å². The normalized spacial score (nSPS) is 27.2. The van der Waals surface area contributed by atoms with Gasteiger partial charge in [-0.15, -0.1) is 0 Å². The van der Waals surface area contributed by atoms with Gasteiger partial charge in [-0.1, -0.05) is 11.6 Å². The average Bonchev–Trinajstić information content (AvgIpc) is 2.65. The van der Waals surface area contributed by atoms with Gasteiger partial charge in [0.2, 0.25) is 0 Å². The van der Waals surface area contributed by atoms with Gasteiger partial charge in [-0.2, -0.15) is 0 Å². The van der Waals surface area contributed by atoms with E-state index in [0.717, 1.165) is 13.1 Å². The van der Waals surface area contributed by atoms with Gasteiger partial charge >= 0.3 is 0 Å². The molecule has 1 aromatic carbocycles. The van der Waals surface area contributed by atoms with Crippen LogP contribution in [-0.4, -0.2) is 41.0 Å². The number of piperidine rings is 3. The monoisotopic (exact) mass is 371 g/mol. The fourth-order valence-electron chi connectivity index (χ4n) is 3.94. The van der Waals surface area contributed by atoms with Gasteiger partial charge in [0.25, 0.3) is 5.91 Å².